The fraction of sp³-hybridized carbons (Fsp3) is 0.531. The van der Waals surface area contributed by atoms with Gasteiger partial charge in [-0.25, -0.2) is 9.59 Å². The van der Waals surface area contributed by atoms with Crippen molar-refractivity contribution >= 4 is 25.3 Å². The third-order valence-corrected chi connectivity index (χ3v) is 9.31. The average molecular weight is 620 g/mol. The summed E-state index contributed by atoms with van der Waals surface area (Å²) in [5, 5.41) is 1.39. The molecule has 0 aromatic heterocycles. The van der Waals surface area contributed by atoms with Gasteiger partial charge in [0.1, 0.15) is 12.4 Å². The highest BCUT2D eigenvalue weighted by Gasteiger charge is 2.54. The summed E-state index contributed by atoms with van der Waals surface area (Å²) in [6.45, 7) is 15.5. The molecule has 0 saturated heterocycles. The molecule has 2 rings (SSSR count). The van der Waals surface area contributed by atoms with Gasteiger partial charge in [-0.1, -0.05) is 63.2 Å². The molecular weight excluding hydrogens is 573 g/mol. The predicted molar refractivity (Wildman–Crippen MR) is 164 cm³/mol. The lowest BCUT2D eigenvalue weighted by Crippen LogP contribution is -2.60. The number of nitrogens with zero attached hydrogens (tertiary/aromatic N) is 1. The van der Waals surface area contributed by atoms with Gasteiger partial charge in [0.05, 0.1) is 31.4 Å². The molecular formula is C32H46NO9P. The van der Waals surface area contributed by atoms with Gasteiger partial charge in [0.15, 0.2) is 11.4 Å². The number of rotatable bonds is 15. The molecule has 0 radical (unpaired) electrons. The highest BCUT2D eigenvalue weighted by Crippen LogP contribution is 2.61. The minimum absolute atomic E-state index is 0.107. The van der Waals surface area contributed by atoms with Crippen molar-refractivity contribution in [3.8, 4) is 0 Å². The minimum Gasteiger partial charge on any atom is -0.467 e. The van der Waals surface area contributed by atoms with Gasteiger partial charge in [-0.3, -0.25) is 14.2 Å². The van der Waals surface area contributed by atoms with Crippen molar-refractivity contribution in [3.63, 3.8) is 0 Å². The molecule has 10 nitrogen and oxygen atoms in total. The third kappa shape index (κ3) is 9.30. The van der Waals surface area contributed by atoms with E-state index >= 15 is 0 Å². The Morgan fingerprint density at radius 3 is 1.74 bits per heavy atom. The van der Waals surface area contributed by atoms with Crippen LogP contribution in [0.1, 0.15) is 88.6 Å². The number of esters is 2. The van der Waals surface area contributed by atoms with Gasteiger partial charge < -0.3 is 18.5 Å². The zero-order valence-corrected chi connectivity index (χ0v) is 27.9. The van der Waals surface area contributed by atoms with E-state index in [2.05, 4.69) is 0 Å². The maximum atomic E-state index is 14.3. The number of hydroxylamine groups is 2. The maximum Gasteiger partial charge on any atom is 0.350 e. The molecule has 1 atom stereocenters. The predicted octanol–water partition coefficient (Wildman–Crippen LogP) is 6.68. The summed E-state index contributed by atoms with van der Waals surface area (Å²) in [4.78, 5) is 44.9. The van der Waals surface area contributed by atoms with E-state index in [1.54, 1.807) is 64.1 Å². The van der Waals surface area contributed by atoms with Crippen LogP contribution in [0.4, 0.5) is 0 Å². The van der Waals surface area contributed by atoms with Gasteiger partial charge in [0.2, 0.25) is 0 Å². The van der Waals surface area contributed by atoms with Gasteiger partial charge in [-0.15, -0.1) is 0 Å². The molecule has 0 N–H and O–H groups in total. The molecule has 0 amide bonds. The van der Waals surface area contributed by atoms with E-state index in [4.69, 9.17) is 23.4 Å². The first-order valence-electron chi connectivity index (χ1n) is 14.3. The van der Waals surface area contributed by atoms with Gasteiger partial charge in [-0.05, 0) is 59.1 Å². The standard InChI is InChI=1S/C32H46NO9P/c1-11-40-43(37,41-12-2)28(30(3,4)5)33(42-32(8,9)29(36)38-10)31(6,7)22-39-27(35)25-20-18-24(19-21-25)26(34)23-16-14-13-15-17-23/h13-21,28H,11-12,22H2,1-10H3. The summed E-state index contributed by atoms with van der Waals surface area (Å²) in [5.74, 6) is -2.49. The quantitative estimate of drug-likeness (QED) is 0.0925. The van der Waals surface area contributed by atoms with Gasteiger partial charge in [0.25, 0.3) is 0 Å². The third-order valence-electron chi connectivity index (χ3n) is 6.49. The van der Waals surface area contributed by atoms with Crippen molar-refractivity contribution in [1.82, 2.24) is 5.06 Å². The summed E-state index contributed by atoms with van der Waals surface area (Å²) in [6, 6.07) is 15.0. The van der Waals surface area contributed by atoms with Crippen molar-refractivity contribution in [2.24, 2.45) is 5.41 Å². The largest absolute Gasteiger partial charge is 0.467 e. The second-order valence-corrected chi connectivity index (χ2v) is 14.3. The SMILES string of the molecule is CCOP(=O)(OCC)C(N(OC(C)(C)C(=O)OC)C(C)(C)COC(=O)c1ccc(C(=O)c2ccccc2)cc1)C(C)(C)C. The van der Waals surface area contributed by atoms with E-state index in [0.29, 0.717) is 11.1 Å². The van der Waals surface area contributed by atoms with Gasteiger partial charge in [0, 0.05) is 11.1 Å². The monoisotopic (exact) mass is 619 g/mol. The first-order valence-corrected chi connectivity index (χ1v) is 15.9. The Morgan fingerprint density at radius 1 is 0.791 bits per heavy atom. The number of carbonyl (C=O) groups excluding carboxylic acids is 3. The average Bonchev–Trinajstić information content (AvgIpc) is 2.94. The fourth-order valence-electron chi connectivity index (χ4n) is 4.43. The van der Waals surface area contributed by atoms with Crippen molar-refractivity contribution < 1.29 is 42.3 Å². The van der Waals surface area contributed by atoms with Gasteiger partial charge in [-0.2, -0.15) is 5.06 Å². The Kier molecular flexibility index (Phi) is 12.4. The van der Waals surface area contributed by atoms with Gasteiger partial charge >= 0.3 is 19.5 Å². The maximum absolute atomic E-state index is 14.3. The number of ether oxygens (including phenoxy) is 2. The molecule has 0 aliphatic carbocycles. The van der Waals surface area contributed by atoms with Crippen LogP contribution in [0.15, 0.2) is 54.6 Å². The van der Waals surface area contributed by atoms with E-state index in [1.165, 1.54) is 38.2 Å². The number of carbonyl (C=O) groups is 3. The number of benzene rings is 2. The Morgan fingerprint density at radius 2 is 1.28 bits per heavy atom. The molecule has 0 aliphatic heterocycles. The van der Waals surface area contributed by atoms with Crippen LogP contribution in [0.25, 0.3) is 0 Å². The second kappa shape index (κ2) is 14.7. The molecule has 2 aromatic carbocycles. The molecule has 1 unspecified atom stereocenters. The molecule has 0 saturated carbocycles. The molecule has 11 heteroatoms. The van der Waals surface area contributed by atoms with Crippen LogP contribution in [0.3, 0.4) is 0 Å². The van der Waals surface area contributed by atoms with Crippen molar-refractivity contribution in [1.29, 1.82) is 0 Å². The minimum atomic E-state index is -3.90. The van der Waals surface area contributed by atoms with Crippen LogP contribution in [0, 0.1) is 5.41 Å². The van der Waals surface area contributed by atoms with Crippen LogP contribution in [0.5, 0.6) is 0 Å². The van der Waals surface area contributed by atoms with Crippen LogP contribution in [0.2, 0.25) is 0 Å². The molecule has 43 heavy (non-hydrogen) atoms. The number of hydrogen-bond donors (Lipinski definition) is 0. The zero-order chi connectivity index (χ0) is 32.6. The Bertz CT molecular complexity index is 1270. The number of methoxy groups -OCH3 is 1. The second-order valence-electron chi connectivity index (χ2n) is 12.2. The normalized spacial score (nSPS) is 13.5. The molecule has 0 bridgehead atoms. The van der Waals surface area contributed by atoms with Crippen molar-refractivity contribution in [2.45, 2.75) is 79.2 Å². The Labute approximate surface area is 255 Å². The van der Waals surface area contributed by atoms with E-state index in [0.717, 1.165) is 0 Å². The molecule has 2 aromatic rings. The van der Waals surface area contributed by atoms with E-state index in [9.17, 15) is 18.9 Å². The van der Waals surface area contributed by atoms with Crippen LogP contribution in [-0.4, -0.2) is 66.6 Å². The molecule has 0 heterocycles. The van der Waals surface area contributed by atoms with E-state index in [-0.39, 0.29) is 31.2 Å². The van der Waals surface area contributed by atoms with Crippen LogP contribution in [-0.2, 0) is 32.7 Å². The lowest BCUT2D eigenvalue weighted by atomic mass is 9.93. The molecule has 0 fully saturated rings. The lowest BCUT2D eigenvalue weighted by molar-refractivity contribution is -0.298. The van der Waals surface area contributed by atoms with Crippen molar-refractivity contribution in [2.75, 3.05) is 26.9 Å². The first kappa shape index (κ1) is 36.3. The van der Waals surface area contributed by atoms with E-state index < -0.39 is 41.9 Å². The van der Waals surface area contributed by atoms with Crippen molar-refractivity contribution in [3.05, 3.63) is 71.3 Å². The summed E-state index contributed by atoms with van der Waals surface area (Å²) < 4.78 is 36.5. The number of ketones is 1. The number of hydrogen-bond acceptors (Lipinski definition) is 10. The highest BCUT2D eigenvalue weighted by atomic mass is 31.2. The summed E-state index contributed by atoms with van der Waals surface area (Å²) >= 11 is 0. The first-order chi connectivity index (χ1) is 19.9. The smallest absolute Gasteiger partial charge is 0.350 e. The lowest BCUT2D eigenvalue weighted by Gasteiger charge is -2.50. The summed E-state index contributed by atoms with van der Waals surface area (Å²) in [7, 11) is -2.65. The molecule has 0 spiro atoms. The summed E-state index contributed by atoms with van der Waals surface area (Å²) in [5.41, 5.74) is -2.23. The Balaban J connectivity index is 2.42. The zero-order valence-electron chi connectivity index (χ0n) is 27.0. The van der Waals surface area contributed by atoms with Crippen LogP contribution >= 0.6 is 7.60 Å². The molecule has 0 aliphatic rings. The highest BCUT2D eigenvalue weighted by molar-refractivity contribution is 7.54. The van der Waals surface area contributed by atoms with Crippen LogP contribution < -0.4 is 0 Å². The van der Waals surface area contributed by atoms with E-state index in [1.807, 2.05) is 26.8 Å². The summed E-state index contributed by atoms with van der Waals surface area (Å²) in [6.07, 6.45) is 0. The fourth-order valence-corrected chi connectivity index (χ4v) is 7.07. The topological polar surface area (TPSA) is 118 Å². The Hall–Kier alpha value is -2.88. The molecule has 238 valence electrons.